The highest BCUT2D eigenvalue weighted by atomic mass is 16.5. The Hall–Kier alpha value is -1.10. The van der Waals surface area contributed by atoms with Crippen LogP contribution in [0.1, 0.15) is 32.3 Å². The summed E-state index contributed by atoms with van der Waals surface area (Å²) in [6.45, 7) is 9.44. The molecule has 0 saturated heterocycles. The lowest BCUT2D eigenvalue weighted by Crippen LogP contribution is -2.14. The number of benzene rings is 1. The van der Waals surface area contributed by atoms with Crippen LogP contribution in [0, 0.1) is 0 Å². The second kappa shape index (κ2) is 12.6. The standard InChI is InChI=1S/C17H29NO3/c1-3-8-18-15-16-6-5-7-17(14-16)21-13-12-20-11-10-19-9-4-2/h5-7,14,18H,3-4,8-13,15H2,1-2H3. The van der Waals surface area contributed by atoms with Gasteiger partial charge in [-0.2, -0.15) is 0 Å². The molecule has 0 unspecified atom stereocenters. The zero-order valence-corrected chi connectivity index (χ0v) is 13.4. The van der Waals surface area contributed by atoms with E-state index in [9.17, 15) is 0 Å². The third-order valence-corrected chi connectivity index (χ3v) is 2.87. The van der Waals surface area contributed by atoms with Crippen molar-refractivity contribution < 1.29 is 14.2 Å². The SMILES string of the molecule is CCCNCc1cccc(OCCOCCOCCC)c1. The minimum absolute atomic E-state index is 0.569. The van der Waals surface area contributed by atoms with Crippen LogP contribution in [0.15, 0.2) is 24.3 Å². The first-order valence-electron chi connectivity index (χ1n) is 7.94. The minimum atomic E-state index is 0.569. The van der Waals surface area contributed by atoms with Crippen LogP contribution in [0.2, 0.25) is 0 Å². The maximum Gasteiger partial charge on any atom is 0.119 e. The van der Waals surface area contributed by atoms with Gasteiger partial charge in [-0.15, -0.1) is 0 Å². The van der Waals surface area contributed by atoms with E-state index in [-0.39, 0.29) is 0 Å². The molecule has 0 aliphatic rings. The van der Waals surface area contributed by atoms with Crippen LogP contribution in [0.5, 0.6) is 5.75 Å². The maximum atomic E-state index is 5.69. The van der Waals surface area contributed by atoms with Gasteiger partial charge in [-0.05, 0) is 37.1 Å². The summed E-state index contributed by atoms with van der Waals surface area (Å²) in [5, 5.41) is 3.39. The summed E-state index contributed by atoms with van der Waals surface area (Å²) >= 11 is 0. The quantitative estimate of drug-likeness (QED) is 0.568. The molecule has 0 aliphatic carbocycles. The van der Waals surface area contributed by atoms with Crippen molar-refractivity contribution in [1.82, 2.24) is 5.32 Å². The van der Waals surface area contributed by atoms with Crippen molar-refractivity contribution in [1.29, 1.82) is 0 Å². The molecule has 1 aromatic rings. The van der Waals surface area contributed by atoms with E-state index in [1.807, 2.05) is 12.1 Å². The summed E-state index contributed by atoms with van der Waals surface area (Å²) in [6, 6.07) is 8.19. The van der Waals surface area contributed by atoms with Crippen LogP contribution in [0.3, 0.4) is 0 Å². The van der Waals surface area contributed by atoms with Crippen LogP contribution >= 0.6 is 0 Å². The summed E-state index contributed by atoms with van der Waals surface area (Å²) in [4.78, 5) is 0. The molecule has 0 atom stereocenters. The minimum Gasteiger partial charge on any atom is -0.491 e. The van der Waals surface area contributed by atoms with Crippen LogP contribution in [0.25, 0.3) is 0 Å². The fourth-order valence-electron chi connectivity index (χ4n) is 1.84. The van der Waals surface area contributed by atoms with Gasteiger partial charge in [0.1, 0.15) is 12.4 Å². The second-order valence-electron chi connectivity index (χ2n) is 4.90. The molecule has 1 rings (SSSR count). The summed E-state index contributed by atoms with van der Waals surface area (Å²) < 4.78 is 16.5. The van der Waals surface area contributed by atoms with E-state index in [2.05, 4.69) is 31.3 Å². The van der Waals surface area contributed by atoms with E-state index < -0.39 is 0 Å². The molecule has 0 radical (unpaired) electrons. The van der Waals surface area contributed by atoms with Gasteiger partial charge in [-0.3, -0.25) is 0 Å². The molecule has 120 valence electrons. The molecule has 1 aromatic carbocycles. The van der Waals surface area contributed by atoms with Crippen molar-refractivity contribution in [2.75, 3.05) is 39.6 Å². The fraction of sp³-hybridized carbons (Fsp3) is 0.647. The zero-order chi connectivity index (χ0) is 15.2. The first-order chi connectivity index (χ1) is 10.4. The highest BCUT2D eigenvalue weighted by Gasteiger charge is 1.97. The first kappa shape index (κ1) is 18.0. The number of rotatable bonds is 13. The van der Waals surface area contributed by atoms with Crippen molar-refractivity contribution in [3.8, 4) is 5.75 Å². The lowest BCUT2D eigenvalue weighted by atomic mass is 10.2. The highest BCUT2D eigenvalue weighted by molar-refractivity contribution is 5.28. The van der Waals surface area contributed by atoms with Crippen molar-refractivity contribution in [2.45, 2.75) is 33.2 Å². The smallest absolute Gasteiger partial charge is 0.119 e. The summed E-state index contributed by atoms with van der Waals surface area (Å²) in [6.07, 6.45) is 2.20. The molecule has 0 aliphatic heterocycles. The van der Waals surface area contributed by atoms with Crippen LogP contribution in [-0.2, 0) is 16.0 Å². The van der Waals surface area contributed by atoms with Gasteiger partial charge in [-0.25, -0.2) is 0 Å². The summed E-state index contributed by atoms with van der Waals surface area (Å²) in [7, 11) is 0. The molecule has 1 N–H and O–H groups in total. The lowest BCUT2D eigenvalue weighted by molar-refractivity contribution is 0.0366. The second-order valence-corrected chi connectivity index (χ2v) is 4.90. The van der Waals surface area contributed by atoms with Gasteiger partial charge in [0.25, 0.3) is 0 Å². The van der Waals surface area contributed by atoms with Crippen molar-refractivity contribution in [3.05, 3.63) is 29.8 Å². The van der Waals surface area contributed by atoms with E-state index in [1.165, 1.54) is 5.56 Å². The Labute approximate surface area is 128 Å². The van der Waals surface area contributed by atoms with Crippen molar-refractivity contribution in [2.24, 2.45) is 0 Å². The zero-order valence-electron chi connectivity index (χ0n) is 13.4. The maximum absolute atomic E-state index is 5.69. The predicted octanol–water partition coefficient (Wildman–Crippen LogP) is 3.01. The Bertz CT molecular complexity index is 358. The molecule has 0 bridgehead atoms. The van der Waals surface area contributed by atoms with Gasteiger partial charge in [0, 0.05) is 13.2 Å². The van der Waals surface area contributed by atoms with Gasteiger partial charge < -0.3 is 19.5 Å². The molecule has 0 fully saturated rings. The Morgan fingerprint density at radius 1 is 0.905 bits per heavy atom. The summed E-state index contributed by atoms with van der Waals surface area (Å²) in [5.74, 6) is 0.900. The Morgan fingerprint density at radius 2 is 1.67 bits per heavy atom. The number of hydrogen-bond acceptors (Lipinski definition) is 4. The van der Waals surface area contributed by atoms with Crippen LogP contribution < -0.4 is 10.1 Å². The highest BCUT2D eigenvalue weighted by Crippen LogP contribution is 2.13. The van der Waals surface area contributed by atoms with E-state index in [0.717, 1.165) is 38.3 Å². The van der Waals surface area contributed by atoms with Gasteiger partial charge in [-0.1, -0.05) is 26.0 Å². The molecule has 0 spiro atoms. The number of hydrogen-bond donors (Lipinski definition) is 1. The summed E-state index contributed by atoms with van der Waals surface area (Å²) in [5.41, 5.74) is 1.25. The Balaban J connectivity index is 2.10. The number of ether oxygens (including phenoxy) is 3. The van der Waals surface area contributed by atoms with E-state index in [4.69, 9.17) is 14.2 Å². The van der Waals surface area contributed by atoms with Gasteiger partial charge in [0.05, 0.1) is 19.8 Å². The number of nitrogens with one attached hydrogen (secondary N) is 1. The topological polar surface area (TPSA) is 39.7 Å². The molecular weight excluding hydrogens is 266 g/mol. The average Bonchev–Trinajstić information content (AvgIpc) is 2.51. The van der Waals surface area contributed by atoms with Crippen LogP contribution in [0.4, 0.5) is 0 Å². The normalized spacial score (nSPS) is 10.8. The molecule has 4 nitrogen and oxygen atoms in total. The first-order valence-corrected chi connectivity index (χ1v) is 7.94. The van der Waals surface area contributed by atoms with E-state index >= 15 is 0 Å². The predicted molar refractivity (Wildman–Crippen MR) is 85.9 cm³/mol. The van der Waals surface area contributed by atoms with E-state index in [1.54, 1.807) is 0 Å². The largest absolute Gasteiger partial charge is 0.491 e. The molecule has 21 heavy (non-hydrogen) atoms. The molecule has 0 amide bonds. The van der Waals surface area contributed by atoms with E-state index in [0.29, 0.717) is 26.4 Å². The van der Waals surface area contributed by atoms with Gasteiger partial charge >= 0.3 is 0 Å². The molecule has 0 heterocycles. The molecule has 0 saturated carbocycles. The van der Waals surface area contributed by atoms with Crippen molar-refractivity contribution >= 4 is 0 Å². The fourth-order valence-corrected chi connectivity index (χ4v) is 1.84. The molecule has 0 aromatic heterocycles. The van der Waals surface area contributed by atoms with Gasteiger partial charge in [0.2, 0.25) is 0 Å². The van der Waals surface area contributed by atoms with Crippen LogP contribution in [-0.4, -0.2) is 39.6 Å². The average molecular weight is 295 g/mol. The molecular formula is C17H29NO3. The Morgan fingerprint density at radius 3 is 2.43 bits per heavy atom. The third kappa shape index (κ3) is 9.45. The van der Waals surface area contributed by atoms with Gasteiger partial charge in [0.15, 0.2) is 0 Å². The monoisotopic (exact) mass is 295 g/mol. The molecule has 4 heteroatoms. The third-order valence-electron chi connectivity index (χ3n) is 2.87. The Kier molecular flexibility index (Phi) is 10.8. The van der Waals surface area contributed by atoms with Crippen molar-refractivity contribution in [3.63, 3.8) is 0 Å². The lowest BCUT2D eigenvalue weighted by Gasteiger charge is -2.09.